The molecule has 2 fully saturated rings. The molecule has 2 saturated heterocycles. The Morgan fingerprint density at radius 2 is 1.41 bits per heavy atom. The van der Waals surface area contributed by atoms with Gasteiger partial charge in [-0.15, -0.1) is 0 Å². The average Bonchev–Trinajstić information content (AvgIpc) is 3.76. The Morgan fingerprint density at radius 1 is 0.870 bits per heavy atom. The van der Waals surface area contributed by atoms with Gasteiger partial charge in [-0.3, -0.25) is 14.5 Å². The van der Waals surface area contributed by atoms with Gasteiger partial charge in [0, 0.05) is 30.4 Å². The van der Waals surface area contributed by atoms with Crippen LogP contribution in [0, 0.1) is 11.8 Å². The van der Waals surface area contributed by atoms with Crippen molar-refractivity contribution in [2.75, 3.05) is 13.2 Å². The van der Waals surface area contributed by atoms with Crippen molar-refractivity contribution >= 4 is 35.2 Å². The highest BCUT2D eigenvalue weighted by atomic mass is 32.1. The van der Waals surface area contributed by atoms with E-state index in [9.17, 15) is 29.7 Å². The monoisotopic (exact) mass is 765 g/mol. The highest BCUT2D eigenvalue weighted by molar-refractivity contribution is 7.80. The summed E-state index contributed by atoms with van der Waals surface area (Å²) in [6.07, 6.45) is 13.6. The van der Waals surface area contributed by atoms with Gasteiger partial charge in [0.05, 0.1) is 25.2 Å². The van der Waals surface area contributed by atoms with Crippen LogP contribution < -0.4 is 0 Å². The van der Waals surface area contributed by atoms with E-state index >= 15 is 0 Å². The molecule has 0 spiro atoms. The van der Waals surface area contributed by atoms with E-state index in [4.69, 9.17) is 26.4 Å². The third kappa shape index (κ3) is 10.4. The van der Waals surface area contributed by atoms with Gasteiger partial charge in [0.25, 0.3) is 5.17 Å². The van der Waals surface area contributed by atoms with Crippen LogP contribution in [0.15, 0.2) is 72.8 Å². The van der Waals surface area contributed by atoms with Crippen LogP contribution in [-0.4, -0.2) is 73.9 Å². The zero-order valence-corrected chi connectivity index (χ0v) is 32.9. The lowest BCUT2D eigenvalue weighted by Crippen LogP contribution is -2.57. The molecule has 3 N–H and O–H groups in total. The molecule has 0 unspecified atom stereocenters. The quantitative estimate of drug-likeness (QED) is 0.0574. The van der Waals surface area contributed by atoms with Crippen molar-refractivity contribution in [1.82, 2.24) is 4.90 Å². The smallest absolute Gasteiger partial charge is 0.336 e. The summed E-state index contributed by atoms with van der Waals surface area (Å²) >= 11 is 5.78. The van der Waals surface area contributed by atoms with E-state index in [-0.39, 0.29) is 11.1 Å². The van der Waals surface area contributed by atoms with Crippen molar-refractivity contribution in [3.05, 3.63) is 83.9 Å². The molecule has 3 atom stereocenters. The molecule has 54 heavy (non-hydrogen) atoms. The molecule has 296 valence electrons. The number of thiocarbonyl (C=S) groups is 1. The largest absolute Gasteiger partial charge is 0.481 e. The molecular weight excluding hydrogens is 707 g/mol. The topological polar surface area (TPSA) is 143 Å². The normalized spacial score (nSPS) is 19.5. The van der Waals surface area contributed by atoms with E-state index in [1.165, 1.54) is 36.7 Å². The second-order valence-electron chi connectivity index (χ2n) is 15.0. The minimum absolute atomic E-state index is 0.148. The second kappa shape index (κ2) is 20.3. The first-order chi connectivity index (χ1) is 25.9. The molecule has 2 aliphatic rings. The molecule has 0 radical (unpaired) electrons. The van der Waals surface area contributed by atoms with Crippen molar-refractivity contribution in [1.29, 1.82) is 0 Å². The van der Waals surface area contributed by atoms with E-state index in [1.807, 2.05) is 74.5 Å². The molecule has 0 saturated carbocycles. The highest BCUT2D eigenvalue weighted by Gasteiger charge is 2.60. The summed E-state index contributed by atoms with van der Waals surface area (Å²) in [7, 11) is 0. The standard InChI is InChI=1S/C43H59NO9S/c1-4-5-6-10-19-27-41(51-30-31-52-41)28-20-11-8-7-9-18-25-35(42(50,39(48)49)29-26-36(45)46)38(47)44-37(32(2)3)43(53-40(44)54,33-21-14-12-15-22-33)34-23-16-13-17-24-34/h12-18,21-25,32,35,37,50H,4-11,19-20,26-31H2,1-3H3,(H,45,46)(H,48,49)/b25-18+/t35-,37+,42+/m1/s1. The van der Waals surface area contributed by atoms with Crippen LogP contribution in [0.25, 0.3) is 0 Å². The third-order valence-electron chi connectivity index (χ3n) is 10.8. The first-order valence-corrected chi connectivity index (χ1v) is 20.1. The minimum Gasteiger partial charge on any atom is -0.481 e. The molecule has 4 rings (SSSR count). The van der Waals surface area contributed by atoms with Crippen molar-refractivity contribution < 1.29 is 43.9 Å². The number of rotatable bonds is 23. The molecule has 0 aromatic heterocycles. The lowest BCUT2D eigenvalue weighted by molar-refractivity contribution is -0.170. The molecule has 2 aromatic carbocycles. The Kier molecular flexibility index (Phi) is 16.2. The number of allylic oxidation sites excluding steroid dienone is 1. The van der Waals surface area contributed by atoms with Gasteiger partial charge in [0.1, 0.15) is 0 Å². The molecule has 2 aromatic rings. The molecule has 10 nitrogen and oxygen atoms in total. The Morgan fingerprint density at radius 3 is 1.91 bits per heavy atom. The van der Waals surface area contributed by atoms with Crippen molar-refractivity contribution in [2.45, 2.75) is 134 Å². The number of aliphatic hydroxyl groups is 1. The van der Waals surface area contributed by atoms with E-state index in [1.54, 1.807) is 6.08 Å². The number of unbranched alkanes of at least 4 members (excludes halogenated alkanes) is 8. The number of benzene rings is 2. The first-order valence-electron chi connectivity index (χ1n) is 19.7. The van der Waals surface area contributed by atoms with Gasteiger partial charge >= 0.3 is 11.9 Å². The summed E-state index contributed by atoms with van der Waals surface area (Å²) in [5.74, 6) is -6.13. The summed E-state index contributed by atoms with van der Waals surface area (Å²) < 4.78 is 18.7. The maximum absolute atomic E-state index is 14.8. The predicted octanol–water partition coefficient (Wildman–Crippen LogP) is 8.40. The lowest BCUT2D eigenvalue weighted by Gasteiger charge is -2.39. The van der Waals surface area contributed by atoms with Gasteiger partial charge < -0.3 is 29.5 Å². The Bertz CT molecular complexity index is 1500. The van der Waals surface area contributed by atoms with E-state index < -0.39 is 59.6 Å². The number of amides is 1. The Labute approximate surface area is 325 Å². The summed E-state index contributed by atoms with van der Waals surface area (Å²) in [5.41, 5.74) is -2.45. The summed E-state index contributed by atoms with van der Waals surface area (Å²) in [6, 6.07) is 18.1. The average molecular weight is 766 g/mol. The van der Waals surface area contributed by atoms with Crippen LogP contribution in [0.5, 0.6) is 0 Å². The molecule has 2 aliphatic heterocycles. The molecular formula is C43H59NO9S. The maximum Gasteiger partial charge on any atom is 0.336 e. The van der Waals surface area contributed by atoms with Crippen LogP contribution in [0.2, 0.25) is 0 Å². The molecule has 0 aliphatic carbocycles. The minimum atomic E-state index is -2.72. The van der Waals surface area contributed by atoms with Crippen LogP contribution in [0.4, 0.5) is 0 Å². The molecule has 2 heterocycles. The van der Waals surface area contributed by atoms with Crippen LogP contribution in [0.3, 0.4) is 0 Å². The fraction of sp³-hybridized carbons (Fsp3) is 0.581. The van der Waals surface area contributed by atoms with Crippen molar-refractivity contribution in [3.63, 3.8) is 0 Å². The van der Waals surface area contributed by atoms with Crippen molar-refractivity contribution in [3.8, 4) is 0 Å². The third-order valence-corrected chi connectivity index (χ3v) is 11.0. The fourth-order valence-corrected chi connectivity index (χ4v) is 8.31. The number of ether oxygens (including phenoxy) is 3. The zero-order chi connectivity index (χ0) is 39.2. The number of aliphatic carboxylic acids is 2. The number of hydrogen-bond donors (Lipinski definition) is 3. The molecule has 1 amide bonds. The number of carbonyl (C=O) groups excluding carboxylic acids is 1. The number of carboxylic acids is 2. The van der Waals surface area contributed by atoms with Gasteiger partial charge in [-0.05, 0) is 50.2 Å². The highest BCUT2D eigenvalue weighted by Crippen LogP contribution is 2.48. The van der Waals surface area contributed by atoms with Gasteiger partial charge in [0.15, 0.2) is 17.0 Å². The SMILES string of the molecule is CCCCCCCC1(CCCCCC/C=C/[C@H](C(=O)N2C(=S)OC(c3ccccc3)(c3ccccc3)[C@@H]2C(C)C)[C@@](O)(CCC(=O)O)C(=O)O)OCCO1. The van der Waals surface area contributed by atoms with Gasteiger partial charge in [-0.2, -0.15) is 0 Å². The maximum atomic E-state index is 14.8. The van der Waals surface area contributed by atoms with Gasteiger partial charge in [-0.25, -0.2) is 4.79 Å². The van der Waals surface area contributed by atoms with Crippen LogP contribution in [0.1, 0.15) is 122 Å². The molecule has 11 heteroatoms. The number of carboxylic acid groups (broad SMARTS) is 2. The van der Waals surface area contributed by atoms with Crippen molar-refractivity contribution in [2.24, 2.45) is 11.8 Å². The summed E-state index contributed by atoms with van der Waals surface area (Å²) in [4.78, 5) is 40.5. The molecule has 0 bridgehead atoms. The number of nitrogens with zero attached hydrogens (tertiary/aromatic N) is 1. The summed E-state index contributed by atoms with van der Waals surface area (Å²) in [5, 5.41) is 31.4. The zero-order valence-electron chi connectivity index (χ0n) is 32.1. The van der Waals surface area contributed by atoms with E-state index in [0.29, 0.717) is 19.6 Å². The second-order valence-corrected chi connectivity index (χ2v) is 15.3. The first kappa shape index (κ1) is 43.1. The number of hydrogen-bond acceptors (Lipinski definition) is 8. The van der Waals surface area contributed by atoms with Crippen LogP contribution in [-0.2, 0) is 34.2 Å². The Hall–Kier alpha value is -3.64. The predicted molar refractivity (Wildman–Crippen MR) is 211 cm³/mol. The fourth-order valence-electron chi connectivity index (χ4n) is 7.97. The van der Waals surface area contributed by atoms with E-state index in [0.717, 1.165) is 56.1 Å². The van der Waals surface area contributed by atoms with Gasteiger partial charge in [0.2, 0.25) is 5.91 Å². The van der Waals surface area contributed by atoms with E-state index in [2.05, 4.69) is 6.92 Å². The van der Waals surface area contributed by atoms with Gasteiger partial charge in [-0.1, -0.05) is 132 Å². The number of carbonyl (C=O) groups is 3. The summed E-state index contributed by atoms with van der Waals surface area (Å²) in [6.45, 7) is 7.32. The van der Waals surface area contributed by atoms with Crippen LogP contribution >= 0.6 is 12.2 Å². The Balaban J connectivity index is 1.53. The lowest BCUT2D eigenvalue weighted by atomic mass is 9.75.